The molecule has 0 unspecified atom stereocenters. The van der Waals surface area contributed by atoms with Crippen LogP contribution >= 0.6 is 0 Å². The summed E-state index contributed by atoms with van der Waals surface area (Å²) in [6.45, 7) is 13.1. The molecule has 0 radical (unpaired) electrons. The molecule has 0 heterocycles. The SMILES string of the molecule is C=C(C)c1ccc(N(CCC)C(=O)OC(C)(C)C)cc1[N+](=O)[O-]. The first kappa shape index (κ1) is 18.7. The van der Waals surface area contributed by atoms with Crippen molar-refractivity contribution in [3.63, 3.8) is 0 Å². The number of carbonyl (C=O) groups excluding carboxylic acids is 1. The minimum Gasteiger partial charge on any atom is -0.443 e. The molecule has 1 aromatic rings. The van der Waals surface area contributed by atoms with Gasteiger partial charge in [-0.05, 0) is 51.8 Å². The number of nitro benzene ring substituents is 1. The summed E-state index contributed by atoms with van der Waals surface area (Å²) < 4.78 is 5.38. The lowest BCUT2D eigenvalue weighted by Gasteiger charge is -2.27. The predicted octanol–water partition coefficient (Wildman–Crippen LogP) is 4.78. The minimum atomic E-state index is -0.632. The summed E-state index contributed by atoms with van der Waals surface area (Å²) in [6.07, 6.45) is 0.187. The standard InChI is InChI=1S/C17H24N2O4/c1-7-10-18(16(20)23-17(4,5)6)13-8-9-14(12(2)3)15(11-13)19(21)22/h8-9,11H,2,7,10H2,1,3-6H3. The van der Waals surface area contributed by atoms with Gasteiger partial charge in [0.25, 0.3) is 5.69 Å². The van der Waals surface area contributed by atoms with Crippen molar-refractivity contribution < 1.29 is 14.5 Å². The molecule has 1 amide bonds. The van der Waals surface area contributed by atoms with E-state index in [1.165, 1.54) is 11.0 Å². The average molecular weight is 320 g/mol. The Morgan fingerprint density at radius 1 is 1.39 bits per heavy atom. The van der Waals surface area contributed by atoms with E-state index < -0.39 is 16.6 Å². The minimum absolute atomic E-state index is 0.0698. The third-order valence-corrected chi connectivity index (χ3v) is 3.01. The van der Waals surface area contributed by atoms with Gasteiger partial charge in [-0.3, -0.25) is 15.0 Å². The van der Waals surface area contributed by atoms with Crippen molar-refractivity contribution >= 4 is 23.0 Å². The fourth-order valence-electron chi connectivity index (χ4n) is 2.07. The number of hydrogen-bond acceptors (Lipinski definition) is 4. The van der Waals surface area contributed by atoms with Crippen LogP contribution in [0.2, 0.25) is 0 Å². The van der Waals surface area contributed by atoms with E-state index in [-0.39, 0.29) is 5.69 Å². The van der Waals surface area contributed by atoms with Crippen molar-refractivity contribution in [1.82, 2.24) is 0 Å². The first-order valence-electron chi connectivity index (χ1n) is 7.51. The van der Waals surface area contributed by atoms with Crippen LogP contribution < -0.4 is 4.90 Å². The van der Waals surface area contributed by atoms with Crippen LogP contribution in [0, 0.1) is 10.1 Å². The molecule has 0 N–H and O–H groups in total. The van der Waals surface area contributed by atoms with E-state index in [2.05, 4.69) is 6.58 Å². The number of nitro groups is 1. The molecule has 0 bridgehead atoms. The van der Waals surface area contributed by atoms with Crippen LogP contribution in [0.5, 0.6) is 0 Å². The van der Waals surface area contributed by atoms with Gasteiger partial charge in [0.05, 0.1) is 16.2 Å². The number of rotatable bonds is 5. The fourth-order valence-corrected chi connectivity index (χ4v) is 2.07. The van der Waals surface area contributed by atoms with Crippen LogP contribution in [0.25, 0.3) is 5.57 Å². The molecule has 6 nitrogen and oxygen atoms in total. The summed E-state index contributed by atoms with van der Waals surface area (Å²) in [6, 6.07) is 4.68. The van der Waals surface area contributed by atoms with Crippen LogP contribution in [0.3, 0.4) is 0 Å². The molecule has 0 aliphatic heterocycles. The quantitative estimate of drug-likeness (QED) is 0.578. The van der Waals surface area contributed by atoms with Crippen molar-refractivity contribution in [2.75, 3.05) is 11.4 Å². The Labute approximate surface area is 136 Å². The number of anilines is 1. The molecule has 6 heteroatoms. The summed E-state index contributed by atoms with van der Waals surface area (Å²) in [7, 11) is 0. The zero-order valence-corrected chi connectivity index (χ0v) is 14.4. The van der Waals surface area contributed by atoms with Gasteiger partial charge < -0.3 is 4.74 Å². The second kappa shape index (κ2) is 7.26. The number of allylic oxidation sites excluding steroid dienone is 1. The Hall–Kier alpha value is -2.37. The number of hydrogen-bond donors (Lipinski definition) is 0. The Morgan fingerprint density at radius 2 is 2.00 bits per heavy atom. The Morgan fingerprint density at radius 3 is 2.43 bits per heavy atom. The van der Waals surface area contributed by atoms with Crippen LogP contribution in [0.4, 0.5) is 16.2 Å². The van der Waals surface area contributed by atoms with Gasteiger partial charge in [0, 0.05) is 12.6 Å². The number of carbonyl (C=O) groups is 1. The van der Waals surface area contributed by atoms with E-state index in [0.717, 1.165) is 0 Å². The van der Waals surface area contributed by atoms with Gasteiger partial charge in [0.2, 0.25) is 0 Å². The summed E-state index contributed by atoms with van der Waals surface area (Å²) in [5.74, 6) is 0. The van der Waals surface area contributed by atoms with E-state index >= 15 is 0 Å². The maximum absolute atomic E-state index is 12.4. The van der Waals surface area contributed by atoms with Crippen LogP contribution in [0.15, 0.2) is 24.8 Å². The summed E-state index contributed by atoms with van der Waals surface area (Å²) in [4.78, 5) is 24.6. The predicted molar refractivity (Wildman–Crippen MR) is 91.7 cm³/mol. The molecule has 0 fully saturated rings. The molecular weight excluding hydrogens is 296 g/mol. The first-order chi connectivity index (χ1) is 10.6. The van der Waals surface area contributed by atoms with Crippen LogP contribution in [-0.2, 0) is 4.74 Å². The molecular formula is C17H24N2O4. The molecule has 126 valence electrons. The lowest BCUT2D eigenvalue weighted by atomic mass is 10.1. The molecule has 0 spiro atoms. The normalized spacial score (nSPS) is 11.0. The van der Waals surface area contributed by atoms with Gasteiger partial charge in [-0.1, -0.05) is 13.5 Å². The molecule has 1 rings (SSSR count). The highest BCUT2D eigenvalue weighted by molar-refractivity contribution is 5.89. The number of nitrogens with zero attached hydrogens (tertiary/aromatic N) is 2. The number of amides is 1. The van der Waals surface area contributed by atoms with Crippen molar-refractivity contribution in [2.24, 2.45) is 0 Å². The molecule has 0 atom stereocenters. The van der Waals surface area contributed by atoms with E-state index in [1.807, 2.05) is 6.92 Å². The smallest absolute Gasteiger partial charge is 0.414 e. The molecule has 23 heavy (non-hydrogen) atoms. The van der Waals surface area contributed by atoms with E-state index in [4.69, 9.17) is 4.74 Å². The third kappa shape index (κ3) is 5.09. The van der Waals surface area contributed by atoms with Gasteiger partial charge in [0.15, 0.2) is 0 Å². The molecule has 0 aromatic heterocycles. The van der Waals surface area contributed by atoms with Gasteiger partial charge in [-0.25, -0.2) is 4.79 Å². The van der Waals surface area contributed by atoms with Gasteiger partial charge >= 0.3 is 6.09 Å². The summed E-state index contributed by atoms with van der Waals surface area (Å²) in [5.41, 5.74) is 0.798. The van der Waals surface area contributed by atoms with Gasteiger partial charge in [0.1, 0.15) is 5.60 Å². The van der Waals surface area contributed by atoms with Crippen molar-refractivity contribution in [2.45, 2.75) is 46.6 Å². The highest BCUT2D eigenvalue weighted by Crippen LogP contribution is 2.30. The van der Waals surface area contributed by atoms with Gasteiger partial charge in [-0.15, -0.1) is 0 Å². The number of benzene rings is 1. The Balaban J connectivity index is 3.27. The molecule has 0 saturated carbocycles. The van der Waals surface area contributed by atoms with E-state index in [1.54, 1.807) is 39.8 Å². The van der Waals surface area contributed by atoms with E-state index in [9.17, 15) is 14.9 Å². The second-order valence-corrected chi connectivity index (χ2v) is 6.37. The topological polar surface area (TPSA) is 72.7 Å². The maximum Gasteiger partial charge on any atom is 0.414 e. The largest absolute Gasteiger partial charge is 0.443 e. The third-order valence-electron chi connectivity index (χ3n) is 3.01. The van der Waals surface area contributed by atoms with Crippen molar-refractivity contribution in [1.29, 1.82) is 0 Å². The number of ether oxygens (including phenoxy) is 1. The monoisotopic (exact) mass is 320 g/mol. The second-order valence-electron chi connectivity index (χ2n) is 6.37. The Kier molecular flexibility index (Phi) is 5.90. The van der Waals surface area contributed by atoms with Crippen LogP contribution in [0.1, 0.15) is 46.6 Å². The zero-order chi connectivity index (χ0) is 17.8. The summed E-state index contributed by atoms with van der Waals surface area (Å²) in [5, 5.41) is 11.3. The molecule has 1 aromatic carbocycles. The first-order valence-corrected chi connectivity index (χ1v) is 7.51. The highest BCUT2D eigenvalue weighted by Gasteiger charge is 2.25. The molecule has 0 aliphatic carbocycles. The van der Waals surface area contributed by atoms with Crippen LogP contribution in [-0.4, -0.2) is 23.2 Å². The average Bonchev–Trinajstić information content (AvgIpc) is 2.41. The maximum atomic E-state index is 12.4. The lowest BCUT2D eigenvalue weighted by Crippen LogP contribution is -2.37. The summed E-state index contributed by atoms with van der Waals surface area (Å²) >= 11 is 0. The molecule has 0 aliphatic rings. The van der Waals surface area contributed by atoms with Crippen molar-refractivity contribution in [3.05, 3.63) is 40.5 Å². The molecule has 0 saturated heterocycles. The highest BCUT2D eigenvalue weighted by atomic mass is 16.6. The fraction of sp³-hybridized carbons (Fsp3) is 0.471. The zero-order valence-electron chi connectivity index (χ0n) is 14.4. The van der Waals surface area contributed by atoms with Crippen molar-refractivity contribution in [3.8, 4) is 0 Å². The van der Waals surface area contributed by atoms with E-state index in [0.29, 0.717) is 29.8 Å². The lowest BCUT2D eigenvalue weighted by molar-refractivity contribution is -0.385. The Bertz CT molecular complexity index is 618. The van der Waals surface area contributed by atoms with Gasteiger partial charge in [-0.2, -0.15) is 0 Å².